The van der Waals surface area contributed by atoms with Crippen LogP contribution in [0.1, 0.15) is 38.3 Å². The van der Waals surface area contributed by atoms with Crippen LogP contribution in [0, 0.1) is 5.92 Å². The molecule has 1 unspecified atom stereocenters. The lowest BCUT2D eigenvalue weighted by atomic mass is 10.0. The van der Waals surface area contributed by atoms with Crippen molar-refractivity contribution >= 4 is 15.9 Å². The number of halogens is 1. The van der Waals surface area contributed by atoms with Crippen molar-refractivity contribution in [3.8, 4) is 5.75 Å². The normalized spacial score (nSPS) is 17.9. The fraction of sp³-hybridized carbons (Fsp3) is 0.625. The maximum Gasteiger partial charge on any atom is 0.124 e. The first-order chi connectivity index (χ1) is 9.66. The average molecular weight is 342 g/mol. The first-order valence-electron chi connectivity index (χ1n) is 7.40. The van der Waals surface area contributed by atoms with Gasteiger partial charge in [-0.05, 0) is 37.1 Å². The van der Waals surface area contributed by atoms with Crippen LogP contribution >= 0.6 is 15.9 Å². The van der Waals surface area contributed by atoms with Gasteiger partial charge in [0.1, 0.15) is 5.75 Å². The number of hydrogen-bond acceptors (Lipinski definition) is 3. The molecule has 3 nitrogen and oxygen atoms in total. The van der Waals surface area contributed by atoms with Crippen LogP contribution in [0.3, 0.4) is 0 Å². The van der Waals surface area contributed by atoms with Gasteiger partial charge in [-0.1, -0.05) is 29.8 Å². The van der Waals surface area contributed by atoms with E-state index in [2.05, 4.69) is 41.2 Å². The summed E-state index contributed by atoms with van der Waals surface area (Å²) in [5.41, 5.74) is 1.26. The van der Waals surface area contributed by atoms with E-state index < -0.39 is 0 Å². The molecule has 0 saturated heterocycles. The molecule has 1 N–H and O–H groups in total. The first-order valence-corrected chi connectivity index (χ1v) is 8.19. The number of fused-ring (bicyclic) bond motifs is 1. The molecule has 20 heavy (non-hydrogen) atoms. The van der Waals surface area contributed by atoms with Crippen LogP contribution in [0.25, 0.3) is 0 Å². The highest BCUT2D eigenvalue weighted by Gasteiger charge is 2.20. The van der Waals surface area contributed by atoms with Crippen LogP contribution in [0.5, 0.6) is 5.75 Å². The highest BCUT2D eigenvalue weighted by molar-refractivity contribution is 9.10. The van der Waals surface area contributed by atoms with E-state index in [0.29, 0.717) is 12.0 Å². The monoisotopic (exact) mass is 341 g/mol. The Labute approximate surface area is 130 Å². The number of hydrogen-bond donors (Lipinski definition) is 1. The van der Waals surface area contributed by atoms with Crippen molar-refractivity contribution in [1.82, 2.24) is 5.32 Å². The van der Waals surface area contributed by atoms with E-state index >= 15 is 0 Å². The van der Waals surface area contributed by atoms with Gasteiger partial charge < -0.3 is 14.8 Å². The molecule has 1 aliphatic rings. The fourth-order valence-corrected chi connectivity index (χ4v) is 2.73. The zero-order valence-electron chi connectivity index (χ0n) is 12.3. The molecule has 0 amide bonds. The van der Waals surface area contributed by atoms with E-state index in [-0.39, 0.29) is 0 Å². The highest BCUT2D eigenvalue weighted by Crippen LogP contribution is 2.33. The molecule has 0 radical (unpaired) electrons. The molecule has 1 aromatic rings. The zero-order chi connectivity index (χ0) is 14.4. The van der Waals surface area contributed by atoms with Gasteiger partial charge in [-0.25, -0.2) is 0 Å². The maximum absolute atomic E-state index is 5.69. The standard InChI is InChI=1S/C16H24BrNO2/c1-12(2)11-19-8-3-7-18-15-6-9-20-16-5-4-13(17)10-14(15)16/h4-5,10,12,15,18H,3,6-9,11H2,1-2H3. The third-order valence-electron chi connectivity index (χ3n) is 3.32. The van der Waals surface area contributed by atoms with Gasteiger partial charge in [-0.2, -0.15) is 0 Å². The van der Waals surface area contributed by atoms with Crippen LogP contribution < -0.4 is 10.1 Å². The van der Waals surface area contributed by atoms with Crippen LogP contribution in [0.4, 0.5) is 0 Å². The summed E-state index contributed by atoms with van der Waals surface area (Å²) in [6, 6.07) is 6.61. The van der Waals surface area contributed by atoms with Gasteiger partial charge in [-0.15, -0.1) is 0 Å². The Morgan fingerprint density at radius 3 is 3.10 bits per heavy atom. The van der Waals surface area contributed by atoms with Crippen molar-refractivity contribution in [1.29, 1.82) is 0 Å². The van der Waals surface area contributed by atoms with Gasteiger partial charge >= 0.3 is 0 Å². The Balaban J connectivity index is 1.76. The van der Waals surface area contributed by atoms with Crippen molar-refractivity contribution in [2.45, 2.75) is 32.7 Å². The third-order valence-corrected chi connectivity index (χ3v) is 3.81. The fourth-order valence-electron chi connectivity index (χ4n) is 2.35. The van der Waals surface area contributed by atoms with Gasteiger partial charge in [0, 0.05) is 35.7 Å². The summed E-state index contributed by atoms with van der Waals surface area (Å²) in [6.07, 6.45) is 2.07. The summed E-state index contributed by atoms with van der Waals surface area (Å²) in [5.74, 6) is 1.62. The molecular formula is C16H24BrNO2. The minimum Gasteiger partial charge on any atom is -0.493 e. The van der Waals surface area contributed by atoms with Gasteiger partial charge in [0.25, 0.3) is 0 Å². The smallest absolute Gasteiger partial charge is 0.124 e. The average Bonchev–Trinajstić information content (AvgIpc) is 2.42. The Kier molecular flexibility index (Phi) is 6.33. The molecule has 0 saturated carbocycles. The summed E-state index contributed by atoms with van der Waals surface area (Å²) in [4.78, 5) is 0. The topological polar surface area (TPSA) is 30.5 Å². The van der Waals surface area contributed by atoms with Crippen LogP contribution in [0.2, 0.25) is 0 Å². The molecule has 0 spiro atoms. The zero-order valence-corrected chi connectivity index (χ0v) is 13.9. The third kappa shape index (κ3) is 4.76. The van der Waals surface area contributed by atoms with Crippen LogP contribution in [-0.2, 0) is 4.74 Å². The van der Waals surface area contributed by atoms with Crippen molar-refractivity contribution in [2.75, 3.05) is 26.4 Å². The van der Waals surface area contributed by atoms with Crippen LogP contribution in [0.15, 0.2) is 22.7 Å². The lowest BCUT2D eigenvalue weighted by Crippen LogP contribution is -2.28. The minimum atomic E-state index is 0.390. The van der Waals surface area contributed by atoms with E-state index in [9.17, 15) is 0 Å². The molecule has 1 heterocycles. The Morgan fingerprint density at radius 1 is 1.45 bits per heavy atom. The van der Waals surface area contributed by atoms with Crippen molar-refractivity contribution < 1.29 is 9.47 Å². The summed E-state index contributed by atoms with van der Waals surface area (Å²) in [5, 5.41) is 3.61. The van der Waals surface area contributed by atoms with E-state index in [4.69, 9.17) is 9.47 Å². The van der Waals surface area contributed by atoms with Crippen LogP contribution in [-0.4, -0.2) is 26.4 Å². The molecule has 112 valence electrons. The summed E-state index contributed by atoms with van der Waals surface area (Å²) >= 11 is 3.53. The van der Waals surface area contributed by atoms with E-state index in [0.717, 1.165) is 49.4 Å². The first kappa shape index (κ1) is 15.8. The number of nitrogens with one attached hydrogen (secondary N) is 1. The molecule has 0 fully saturated rings. The number of benzene rings is 1. The molecular weight excluding hydrogens is 318 g/mol. The molecule has 0 aromatic heterocycles. The number of ether oxygens (including phenoxy) is 2. The van der Waals surface area contributed by atoms with E-state index in [1.807, 2.05) is 12.1 Å². The Morgan fingerprint density at radius 2 is 2.30 bits per heavy atom. The predicted octanol–water partition coefficient (Wildman–Crippen LogP) is 3.93. The SMILES string of the molecule is CC(C)COCCCNC1CCOc2ccc(Br)cc21. The minimum absolute atomic E-state index is 0.390. The summed E-state index contributed by atoms with van der Waals surface area (Å²) < 4.78 is 12.4. The second-order valence-electron chi connectivity index (χ2n) is 5.65. The van der Waals surface area contributed by atoms with Crippen molar-refractivity contribution in [3.05, 3.63) is 28.2 Å². The maximum atomic E-state index is 5.69. The Hall–Kier alpha value is -0.580. The van der Waals surface area contributed by atoms with Gasteiger partial charge in [0.05, 0.1) is 6.61 Å². The molecule has 0 aliphatic carbocycles. The summed E-state index contributed by atoms with van der Waals surface area (Å²) in [6.45, 7) is 7.81. The predicted molar refractivity (Wildman–Crippen MR) is 85.3 cm³/mol. The van der Waals surface area contributed by atoms with E-state index in [1.54, 1.807) is 0 Å². The molecule has 1 atom stereocenters. The van der Waals surface area contributed by atoms with Gasteiger partial charge in [0.15, 0.2) is 0 Å². The van der Waals surface area contributed by atoms with Gasteiger partial charge in [-0.3, -0.25) is 0 Å². The summed E-state index contributed by atoms with van der Waals surface area (Å²) in [7, 11) is 0. The van der Waals surface area contributed by atoms with Crippen molar-refractivity contribution in [3.63, 3.8) is 0 Å². The van der Waals surface area contributed by atoms with E-state index in [1.165, 1.54) is 5.56 Å². The lowest BCUT2D eigenvalue weighted by molar-refractivity contribution is 0.107. The van der Waals surface area contributed by atoms with Crippen molar-refractivity contribution in [2.24, 2.45) is 5.92 Å². The lowest BCUT2D eigenvalue weighted by Gasteiger charge is -2.27. The Bertz CT molecular complexity index is 423. The molecule has 0 bridgehead atoms. The second kappa shape index (κ2) is 8.01. The second-order valence-corrected chi connectivity index (χ2v) is 6.56. The highest BCUT2D eigenvalue weighted by atomic mass is 79.9. The molecule has 1 aromatic carbocycles. The molecule has 1 aliphatic heterocycles. The molecule has 2 rings (SSSR count). The number of rotatable bonds is 7. The van der Waals surface area contributed by atoms with Gasteiger partial charge in [0.2, 0.25) is 0 Å². The quantitative estimate of drug-likeness (QED) is 0.762. The largest absolute Gasteiger partial charge is 0.493 e. The molecule has 4 heteroatoms.